The zero-order valence-electron chi connectivity index (χ0n) is 11.6. The SMILES string of the molecule is COc1ncc(/C=C2\C(=O)Nc3ccccc32)c(OC)n1. The van der Waals surface area contributed by atoms with E-state index in [4.69, 9.17) is 9.47 Å². The predicted octanol–water partition coefficient (Wildman–Crippen LogP) is 1.99. The first-order chi connectivity index (χ1) is 10.2. The number of benzene rings is 1. The van der Waals surface area contributed by atoms with Crippen LogP contribution in [-0.2, 0) is 4.79 Å². The Morgan fingerprint density at radius 1 is 1.19 bits per heavy atom. The van der Waals surface area contributed by atoms with Crippen LogP contribution >= 0.6 is 0 Å². The van der Waals surface area contributed by atoms with Gasteiger partial charge >= 0.3 is 6.01 Å². The first-order valence-electron chi connectivity index (χ1n) is 6.30. The molecule has 0 fully saturated rings. The molecule has 1 N–H and O–H groups in total. The number of carbonyl (C=O) groups excluding carboxylic acids is 1. The maximum absolute atomic E-state index is 12.1. The van der Waals surface area contributed by atoms with Crippen molar-refractivity contribution in [1.82, 2.24) is 9.97 Å². The smallest absolute Gasteiger partial charge is 0.319 e. The fraction of sp³-hybridized carbons (Fsp3) is 0.133. The van der Waals surface area contributed by atoms with Gasteiger partial charge < -0.3 is 14.8 Å². The molecule has 106 valence electrons. The number of methoxy groups -OCH3 is 2. The molecular formula is C15H13N3O3. The van der Waals surface area contributed by atoms with Crippen molar-refractivity contribution in [2.45, 2.75) is 0 Å². The summed E-state index contributed by atoms with van der Waals surface area (Å²) in [6.07, 6.45) is 3.27. The van der Waals surface area contributed by atoms with E-state index in [1.54, 1.807) is 12.3 Å². The third-order valence-corrected chi connectivity index (χ3v) is 3.14. The average molecular weight is 283 g/mol. The Labute approximate surface area is 121 Å². The molecule has 1 aromatic carbocycles. The topological polar surface area (TPSA) is 73.3 Å². The third-order valence-electron chi connectivity index (χ3n) is 3.14. The molecule has 0 radical (unpaired) electrons. The lowest BCUT2D eigenvalue weighted by Crippen LogP contribution is -2.04. The van der Waals surface area contributed by atoms with Gasteiger partial charge in [-0.2, -0.15) is 4.98 Å². The molecule has 0 saturated carbocycles. The molecule has 1 aliphatic heterocycles. The van der Waals surface area contributed by atoms with Crippen molar-refractivity contribution in [1.29, 1.82) is 0 Å². The number of fused-ring (bicyclic) bond motifs is 1. The van der Waals surface area contributed by atoms with Crippen molar-refractivity contribution in [3.05, 3.63) is 41.6 Å². The molecule has 6 heteroatoms. The van der Waals surface area contributed by atoms with E-state index >= 15 is 0 Å². The maximum Gasteiger partial charge on any atom is 0.319 e. The Balaban J connectivity index is 2.08. The summed E-state index contributed by atoms with van der Waals surface area (Å²) in [6, 6.07) is 7.71. The molecule has 0 spiro atoms. The van der Waals surface area contributed by atoms with Crippen LogP contribution in [0.1, 0.15) is 11.1 Å². The number of para-hydroxylation sites is 1. The van der Waals surface area contributed by atoms with Crippen LogP contribution in [0.15, 0.2) is 30.5 Å². The summed E-state index contributed by atoms with van der Waals surface area (Å²) in [6.45, 7) is 0. The molecular weight excluding hydrogens is 270 g/mol. The number of rotatable bonds is 3. The number of hydrogen-bond acceptors (Lipinski definition) is 5. The molecule has 0 bridgehead atoms. The minimum atomic E-state index is -0.158. The average Bonchev–Trinajstić information content (AvgIpc) is 2.83. The molecule has 0 saturated heterocycles. The van der Waals surface area contributed by atoms with Crippen molar-refractivity contribution in [3.8, 4) is 11.9 Å². The molecule has 1 aliphatic rings. The van der Waals surface area contributed by atoms with Gasteiger partial charge in [-0.05, 0) is 12.1 Å². The fourth-order valence-electron chi connectivity index (χ4n) is 2.16. The highest BCUT2D eigenvalue weighted by molar-refractivity contribution is 6.34. The van der Waals surface area contributed by atoms with Gasteiger partial charge in [0.15, 0.2) is 0 Å². The summed E-state index contributed by atoms with van der Waals surface area (Å²) in [5.74, 6) is 0.195. The molecule has 21 heavy (non-hydrogen) atoms. The van der Waals surface area contributed by atoms with Crippen LogP contribution in [0.25, 0.3) is 11.6 Å². The molecule has 2 heterocycles. The minimum Gasteiger partial charge on any atom is -0.480 e. The van der Waals surface area contributed by atoms with Gasteiger partial charge in [0.1, 0.15) is 0 Å². The van der Waals surface area contributed by atoms with Crippen LogP contribution in [0.4, 0.5) is 5.69 Å². The van der Waals surface area contributed by atoms with Crippen LogP contribution < -0.4 is 14.8 Å². The highest BCUT2D eigenvalue weighted by atomic mass is 16.5. The van der Waals surface area contributed by atoms with E-state index in [9.17, 15) is 4.79 Å². The number of ether oxygens (including phenoxy) is 2. The molecule has 6 nitrogen and oxygen atoms in total. The van der Waals surface area contributed by atoms with Crippen LogP contribution in [0.2, 0.25) is 0 Å². The standard InChI is InChI=1S/C15H13N3O3/c1-20-14-9(8-16-15(18-14)21-2)7-11-10-5-3-4-6-12(10)17-13(11)19/h3-8H,1-2H3,(H,17,19)/b11-7-. The largest absolute Gasteiger partial charge is 0.480 e. The quantitative estimate of drug-likeness (QED) is 0.872. The van der Waals surface area contributed by atoms with E-state index in [-0.39, 0.29) is 11.9 Å². The van der Waals surface area contributed by atoms with Crippen molar-refractivity contribution in [2.75, 3.05) is 19.5 Å². The Kier molecular flexibility index (Phi) is 3.27. The van der Waals surface area contributed by atoms with Gasteiger partial charge in [-0.25, -0.2) is 4.98 Å². The summed E-state index contributed by atoms with van der Waals surface area (Å²) in [4.78, 5) is 20.2. The van der Waals surface area contributed by atoms with Crippen molar-refractivity contribution >= 4 is 23.2 Å². The Morgan fingerprint density at radius 3 is 2.76 bits per heavy atom. The van der Waals surface area contributed by atoms with Gasteiger partial charge in [0.25, 0.3) is 5.91 Å². The molecule has 1 amide bonds. The lowest BCUT2D eigenvalue weighted by Gasteiger charge is -2.05. The number of amides is 1. The van der Waals surface area contributed by atoms with E-state index in [0.717, 1.165) is 11.3 Å². The lowest BCUT2D eigenvalue weighted by atomic mass is 10.1. The molecule has 2 aromatic rings. The van der Waals surface area contributed by atoms with Gasteiger partial charge in [-0.1, -0.05) is 18.2 Å². The zero-order chi connectivity index (χ0) is 14.8. The number of anilines is 1. The molecule has 0 aliphatic carbocycles. The van der Waals surface area contributed by atoms with E-state index in [1.807, 2.05) is 24.3 Å². The van der Waals surface area contributed by atoms with E-state index in [0.29, 0.717) is 17.0 Å². The number of hydrogen-bond donors (Lipinski definition) is 1. The first kappa shape index (κ1) is 13.1. The number of nitrogens with zero attached hydrogens (tertiary/aromatic N) is 2. The van der Waals surface area contributed by atoms with Gasteiger partial charge in [0.2, 0.25) is 5.88 Å². The first-order valence-corrected chi connectivity index (χ1v) is 6.30. The van der Waals surface area contributed by atoms with Gasteiger partial charge in [-0.3, -0.25) is 4.79 Å². The van der Waals surface area contributed by atoms with Gasteiger partial charge in [-0.15, -0.1) is 0 Å². The Morgan fingerprint density at radius 2 is 2.00 bits per heavy atom. The zero-order valence-corrected chi connectivity index (χ0v) is 11.6. The van der Waals surface area contributed by atoms with Crippen LogP contribution in [-0.4, -0.2) is 30.1 Å². The third kappa shape index (κ3) is 2.31. The number of carbonyl (C=O) groups is 1. The summed E-state index contributed by atoms with van der Waals surface area (Å²) < 4.78 is 10.2. The summed E-state index contributed by atoms with van der Waals surface area (Å²) in [5.41, 5.74) is 2.81. The highest BCUT2D eigenvalue weighted by Crippen LogP contribution is 2.33. The van der Waals surface area contributed by atoms with Gasteiger partial charge in [0, 0.05) is 23.0 Å². The molecule has 0 atom stereocenters. The second-order valence-electron chi connectivity index (χ2n) is 4.38. The van der Waals surface area contributed by atoms with Crippen molar-refractivity contribution in [2.24, 2.45) is 0 Å². The number of nitrogens with one attached hydrogen (secondary N) is 1. The second kappa shape index (κ2) is 5.24. The number of aromatic nitrogens is 2. The maximum atomic E-state index is 12.1. The van der Waals surface area contributed by atoms with Gasteiger partial charge in [0.05, 0.1) is 19.8 Å². The summed E-state index contributed by atoms with van der Waals surface area (Å²) in [7, 11) is 2.99. The Bertz CT molecular complexity index is 741. The lowest BCUT2D eigenvalue weighted by molar-refractivity contribution is -0.110. The van der Waals surface area contributed by atoms with Crippen molar-refractivity contribution in [3.63, 3.8) is 0 Å². The summed E-state index contributed by atoms with van der Waals surface area (Å²) in [5, 5.41) is 2.81. The highest BCUT2D eigenvalue weighted by Gasteiger charge is 2.24. The fourth-order valence-corrected chi connectivity index (χ4v) is 2.16. The Hall–Kier alpha value is -2.89. The minimum absolute atomic E-state index is 0.158. The second-order valence-corrected chi connectivity index (χ2v) is 4.38. The molecule has 1 aromatic heterocycles. The van der Waals surface area contributed by atoms with E-state index in [1.165, 1.54) is 14.2 Å². The van der Waals surface area contributed by atoms with Crippen molar-refractivity contribution < 1.29 is 14.3 Å². The van der Waals surface area contributed by atoms with Crippen LogP contribution in [0, 0.1) is 0 Å². The monoisotopic (exact) mass is 283 g/mol. The normalized spacial score (nSPS) is 14.8. The van der Waals surface area contributed by atoms with Crippen LogP contribution in [0.5, 0.6) is 11.9 Å². The molecule has 3 rings (SSSR count). The predicted molar refractivity (Wildman–Crippen MR) is 78.1 cm³/mol. The molecule has 0 unspecified atom stereocenters. The summed E-state index contributed by atoms with van der Waals surface area (Å²) >= 11 is 0. The van der Waals surface area contributed by atoms with E-state index in [2.05, 4.69) is 15.3 Å². The van der Waals surface area contributed by atoms with Crippen LogP contribution in [0.3, 0.4) is 0 Å². The van der Waals surface area contributed by atoms with E-state index < -0.39 is 0 Å².